The van der Waals surface area contributed by atoms with Crippen molar-refractivity contribution in [1.29, 1.82) is 0 Å². The van der Waals surface area contributed by atoms with Crippen LogP contribution in [0.25, 0.3) is 5.76 Å². The molecule has 8 nitrogen and oxygen atoms in total. The number of halogens is 1. The Bertz CT molecular complexity index is 1400. The number of Topliss-reactive ketones (excluding diaryl/α,β-unsaturated/α-hetero) is 1. The number of hydrogen-bond acceptors (Lipinski definition) is 6. The zero-order valence-corrected chi connectivity index (χ0v) is 19.7. The van der Waals surface area contributed by atoms with E-state index in [1.165, 1.54) is 67.5 Å². The first-order valence-corrected chi connectivity index (χ1v) is 12.0. The van der Waals surface area contributed by atoms with Gasteiger partial charge < -0.3 is 10.0 Å². The van der Waals surface area contributed by atoms with E-state index in [-0.39, 0.29) is 22.6 Å². The predicted octanol–water partition coefficient (Wildman–Crippen LogP) is 3.09. The summed E-state index contributed by atoms with van der Waals surface area (Å²) in [6.45, 7) is 0.0389. The van der Waals surface area contributed by atoms with Crippen molar-refractivity contribution < 1.29 is 27.5 Å². The van der Waals surface area contributed by atoms with Crippen LogP contribution < -0.4 is 0 Å². The second-order valence-corrected chi connectivity index (χ2v) is 10.3. The molecule has 2 aromatic carbocycles. The number of aliphatic hydroxyl groups excluding tert-OH is 1. The molecule has 3 aromatic rings. The maximum Gasteiger partial charge on any atom is 0.295 e. The molecule has 1 amide bonds. The van der Waals surface area contributed by atoms with Crippen molar-refractivity contribution in [1.82, 2.24) is 14.2 Å². The minimum atomic E-state index is -3.69. The predicted molar refractivity (Wildman–Crippen MR) is 126 cm³/mol. The van der Waals surface area contributed by atoms with Crippen molar-refractivity contribution in [3.8, 4) is 0 Å². The molecule has 180 valence electrons. The molecule has 0 saturated carbocycles. The Morgan fingerprint density at radius 3 is 2.29 bits per heavy atom. The highest BCUT2D eigenvalue weighted by Gasteiger charge is 2.46. The number of carbonyl (C=O) groups excluding carboxylic acids is 2. The summed E-state index contributed by atoms with van der Waals surface area (Å²) in [5.74, 6) is -2.67. The first kappa shape index (κ1) is 24.2. The van der Waals surface area contributed by atoms with Crippen molar-refractivity contribution in [3.63, 3.8) is 0 Å². The van der Waals surface area contributed by atoms with Gasteiger partial charge in [0.15, 0.2) is 0 Å². The number of hydrogen-bond donors (Lipinski definition) is 1. The molecule has 0 radical (unpaired) electrons. The fourth-order valence-corrected chi connectivity index (χ4v) is 4.78. The van der Waals surface area contributed by atoms with E-state index in [4.69, 9.17) is 0 Å². The summed E-state index contributed by atoms with van der Waals surface area (Å²) in [7, 11) is -0.897. The maximum atomic E-state index is 13.6. The number of ketones is 1. The molecule has 1 aromatic heterocycles. The molecule has 1 N–H and O–H groups in total. The van der Waals surface area contributed by atoms with E-state index in [0.29, 0.717) is 11.1 Å². The Balaban J connectivity index is 1.82. The monoisotopic (exact) mass is 495 g/mol. The van der Waals surface area contributed by atoms with E-state index >= 15 is 0 Å². The van der Waals surface area contributed by atoms with Crippen molar-refractivity contribution in [2.45, 2.75) is 17.5 Å². The van der Waals surface area contributed by atoms with Gasteiger partial charge in [-0.2, -0.15) is 0 Å². The highest BCUT2D eigenvalue weighted by atomic mass is 32.2. The summed E-state index contributed by atoms with van der Waals surface area (Å²) in [5, 5.41) is 11.1. The largest absolute Gasteiger partial charge is 0.507 e. The summed E-state index contributed by atoms with van der Waals surface area (Å²) in [6, 6.07) is 13.1. The summed E-state index contributed by atoms with van der Waals surface area (Å²) in [6.07, 6.45) is 3.14. The number of aromatic nitrogens is 1. The third kappa shape index (κ3) is 4.58. The van der Waals surface area contributed by atoms with Crippen molar-refractivity contribution in [2.75, 3.05) is 14.1 Å². The molecule has 0 aliphatic carbocycles. The molecule has 1 aliphatic rings. The molecule has 0 unspecified atom stereocenters. The number of aliphatic hydroxyl groups is 1. The summed E-state index contributed by atoms with van der Waals surface area (Å²) >= 11 is 0. The summed E-state index contributed by atoms with van der Waals surface area (Å²) in [5.41, 5.74) is 1.09. The topological polar surface area (TPSA) is 108 Å². The molecule has 2 heterocycles. The van der Waals surface area contributed by atoms with Gasteiger partial charge in [0.05, 0.1) is 16.5 Å². The van der Waals surface area contributed by atoms with Crippen molar-refractivity contribution >= 4 is 27.5 Å². The van der Waals surface area contributed by atoms with Gasteiger partial charge in [-0.05, 0) is 53.6 Å². The minimum absolute atomic E-state index is 0.00571. The van der Waals surface area contributed by atoms with Crippen LogP contribution in [-0.4, -0.2) is 53.5 Å². The van der Waals surface area contributed by atoms with Crippen molar-refractivity contribution in [2.24, 2.45) is 0 Å². The Hall–Kier alpha value is -3.89. The van der Waals surface area contributed by atoms with Gasteiger partial charge in [-0.3, -0.25) is 14.6 Å². The number of benzene rings is 2. The van der Waals surface area contributed by atoms with E-state index in [9.17, 15) is 27.5 Å². The van der Waals surface area contributed by atoms with Gasteiger partial charge in [0.2, 0.25) is 10.0 Å². The number of amides is 1. The second-order valence-electron chi connectivity index (χ2n) is 8.15. The molecule has 0 spiro atoms. The number of likely N-dealkylation sites (tertiary alicyclic amines) is 1. The Labute approximate surface area is 202 Å². The molecular weight excluding hydrogens is 473 g/mol. The van der Waals surface area contributed by atoms with Crippen molar-refractivity contribution in [3.05, 3.63) is 101 Å². The molecule has 35 heavy (non-hydrogen) atoms. The lowest BCUT2D eigenvalue weighted by atomic mass is 9.95. The van der Waals surface area contributed by atoms with Crippen LogP contribution >= 0.6 is 0 Å². The van der Waals surface area contributed by atoms with Crippen LogP contribution in [0.2, 0.25) is 0 Å². The third-order valence-electron chi connectivity index (χ3n) is 5.71. The van der Waals surface area contributed by atoms with Gasteiger partial charge >= 0.3 is 0 Å². The quantitative estimate of drug-likeness (QED) is 0.320. The fourth-order valence-electron chi connectivity index (χ4n) is 3.87. The Morgan fingerprint density at radius 1 is 1.06 bits per heavy atom. The third-order valence-corrected chi connectivity index (χ3v) is 7.54. The SMILES string of the molecule is CN(C)S(=O)(=O)c1ccc(/C(O)=C2\C(=O)C(=O)N(Cc3cccnc3)[C@@H]2c2ccc(F)cc2)cc1. The number of nitrogens with zero attached hydrogens (tertiary/aromatic N) is 3. The van der Waals surface area contributed by atoms with E-state index < -0.39 is 39.3 Å². The molecule has 1 atom stereocenters. The van der Waals surface area contributed by atoms with Gasteiger partial charge in [0.1, 0.15) is 11.6 Å². The lowest BCUT2D eigenvalue weighted by molar-refractivity contribution is -0.140. The number of sulfonamides is 1. The number of pyridine rings is 1. The minimum Gasteiger partial charge on any atom is -0.507 e. The first-order chi connectivity index (χ1) is 16.6. The highest BCUT2D eigenvalue weighted by Crippen LogP contribution is 2.40. The molecular formula is C25H22FN3O5S. The van der Waals surface area contributed by atoms with Crippen LogP contribution in [-0.2, 0) is 26.2 Å². The summed E-state index contributed by atoms with van der Waals surface area (Å²) in [4.78, 5) is 31.4. The number of rotatable bonds is 6. The lowest BCUT2D eigenvalue weighted by Crippen LogP contribution is -2.29. The molecule has 1 fully saturated rings. The van der Waals surface area contributed by atoms with Gasteiger partial charge in [-0.15, -0.1) is 0 Å². The van der Waals surface area contributed by atoms with Crippen LogP contribution in [0, 0.1) is 5.82 Å². The lowest BCUT2D eigenvalue weighted by Gasteiger charge is -2.25. The van der Waals surface area contributed by atoms with Crippen LogP contribution in [0.1, 0.15) is 22.7 Å². The highest BCUT2D eigenvalue weighted by molar-refractivity contribution is 7.89. The van der Waals surface area contributed by atoms with E-state index in [1.54, 1.807) is 24.5 Å². The molecule has 1 aliphatic heterocycles. The van der Waals surface area contributed by atoms with Gasteiger partial charge in [0, 0.05) is 38.6 Å². The maximum absolute atomic E-state index is 13.6. The van der Waals surface area contributed by atoms with Gasteiger partial charge in [-0.25, -0.2) is 17.1 Å². The Morgan fingerprint density at radius 2 is 1.71 bits per heavy atom. The smallest absolute Gasteiger partial charge is 0.295 e. The normalized spacial score (nSPS) is 17.8. The standard InChI is InChI=1S/C25H22FN3O5S/c1-28(2)35(33,34)20-11-7-18(8-12-20)23(30)21-22(17-5-9-19(26)10-6-17)29(25(32)24(21)31)15-16-4-3-13-27-14-16/h3-14,22,30H,15H2,1-2H3/b23-21+/t22-/m1/s1. The average Bonchev–Trinajstić information content (AvgIpc) is 3.09. The average molecular weight is 496 g/mol. The van der Waals surface area contributed by atoms with E-state index in [0.717, 1.165) is 4.31 Å². The zero-order chi connectivity index (χ0) is 25.3. The molecule has 10 heteroatoms. The van der Waals surface area contributed by atoms with Gasteiger partial charge in [-0.1, -0.05) is 18.2 Å². The summed E-state index contributed by atoms with van der Waals surface area (Å²) < 4.78 is 39.4. The second kappa shape index (κ2) is 9.40. The fraction of sp³-hybridized carbons (Fsp3) is 0.160. The van der Waals surface area contributed by atoms with E-state index in [1.807, 2.05) is 0 Å². The van der Waals surface area contributed by atoms with Gasteiger partial charge in [0.25, 0.3) is 11.7 Å². The first-order valence-electron chi connectivity index (χ1n) is 10.6. The van der Waals surface area contributed by atoms with Crippen LogP contribution in [0.3, 0.4) is 0 Å². The molecule has 4 rings (SSSR count). The molecule has 1 saturated heterocycles. The van der Waals surface area contributed by atoms with Crippen LogP contribution in [0.15, 0.2) is 83.5 Å². The van der Waals surface area contributed by atoms with Crippen LogP contribution in [0.4, 0.5) is 4.39 Å². The van der Waals surface area contributed by atoms with Crippen LogP contribution in [0.5, 0.6) is 0 Å². The van der Waals surface area contributed by atoms with E-state index in [2.05, 4.69) is 4.98 Å². The number of carbonyl (C=O) groups is 2. The molecule has 0 bridgehead atoms. The Kier molecular flexibility index (Phi) is 6.51. The zero-order valence-electron chi connectivity index (χ0n) is 18.9.